The van der Waals surface area contributed by atoms with Crippen LogP contribution in [0.25, 0.3) is 0 Å². The van der Waals surface area contributed by atoms with Gasteiger partial charge in [0.05, 0.1) is 12.1 Å². The molecule has 0 radical (unpaired) electrons. The number of guanidine groups is 1. The third-order valence-corrected chi connectivity index (χ3v) is 4.43. The van der Waals surface area contributed by atoms with E-state index in [4.69, 9.17) is 5.73 Å². The fourth-order valence-corrected chi connectivity index (χ4v) is 3.49. The van der Waals surface area contributed by atoms with Gasteiger partial charge in [0.25, 0.3) is 0 Å². The van der Waals surface area contributed by atoms with Gasteiger partial charge in [0.15, 0.2) is 5.96 Å². The first-order chi connectivity index (χ1) is 8.07. The van der Waals surface area contributed by atoms with Gasteiger partial charge < -0.3 is 10.6 Å². The minimum Gasteiger partial charge on any atom is -0.370 e. The Balaban J connectivity index is 2.12. The third-order valence-electron chi connectivity index (χ3n) is 4.43. The van der Waals surface area contributed by atoms with E-state index in [1.54, 1.807) is 0 Å². The van der Waals surface area contributed by atoms with Crippen LogP contribution in [0.15, 0.2) is 4.99 Å². The van der Waals surface area contributed by atoms with E-state index < -0.39 is 0 Å². The first-order valence-corrected chi connectivity index (χ1v) is 7.15. The van der Waals surface area contributed by atoms with Gasteiger partial charge in [-0.05, 0) is 24.7 Å². The minimum absolute atomic E-state index is 0.271. The molecule has 0 bridgehead atoms. The van der Waals surface area contributed by atoms with Crippen molar-refractivity contribution in [3.63, 3.8) is 0 Å². The van der Waals surface area contributed by atoms with E-state index in [9.17, 15) is 0 Å². The van der Waals surface area contributed by atoms with Crippen molar-refractivity contribution in [1.29, 1.82) is 0 Å². The molecule has 2 rings (SSSR count). The molecule has 0 saturated heterocycles. The van der Waals surface area contributed by atoms with E-state index in [0.29, 0.717) is 5.92 Å². The summed E-state index contributed by atoms with van der Waals surface area (Å²) in [6.07, 6.45) is 6.61. The minimum atomic E-state index is 0.271. The summed E-state index contributed by atoms with van der Waals surface area (Å²) in [4.78, 5) is 6.95. The number of aliphatic imine (C=N–C) groups is 1. The molecule has 1 heterocycles. The highest BCUT2D eigenvalue weighted by atomic mass is 15.4. The SMILES string of the molecule is CCC1CCCC2(CN=C(N)N2CC(C)C)C1. The zero-order chi connectivity index (χ0) is 12.5. The molecule has 1 saturated carbocycles. The van der Waals surface area contributed by atoms with Gasteiger partial charge in [-0.2, -0.15) is 0 Å². The Labute approximate surface area is 105 Å². The van der Waals surface area contributed by atoms with Crippen molar-refractivity contribution in [2.45, 2.75) is 58.4 Å². The Kier molecular flexibility index (Phi) is 3.64. The van der Waals surface area contributed by atoms with Crippen LogP contribution in [0.3, 0.4) is 0 Å². The first-order valence-electron chi connectivity index (χ1n) is 7.15. The molecule has 2 N–H and O–H groups in total. The van der Waals surface area contributed by atoms with Crippen LogP contribution < -0.4 is 5.73 Å². The van der Waals surface area contributed by atoms with Crippen LogP contribution >= 0.6 is 0 Å². The molecule has 1 aliphatic heterocycles. The second-order valence-electron chi connectivity index (χ2n) is 6.27. The molecule has 3 nitrogen and oxygen atoms in total. The van der Waals surface area contributed by atoms with Crippen molar-refractivity contribution < 1.29 is 0 Å². The molecule has 1 spiro atoms. The van der Waals surface area contributed by atoms with Crippen LogP contribution in [-0.2, 0) is 0 Å². The van der Waals surface area contributed by atoms with Crippen LogP contribution in [0.4, 0.5) is 0 Å². The molecule has 0 aromatic heterocycles. The predicted octanol–water partition coefficient (Wildman–Crippen LogP) is 2.61. The zero-order valence-corrected chi connectivity index (χ0v) is 11.6. The van der Waals surface area contributed by atoms with Gasteiger partial charge >= 0.3 is 0 Å². The normalized spacial score (nSPS) is 33.5. The van der Waals surface area contributed by atoms with E-state index >= 15 is 0 Å². The van der Waals surface area contributed by atoms with Crippen LogP contribution in [0.2, 0.25) is 0 Å². The molecule has 2 unspecified atom stereocenters. The van der Waals surface area contributed by atoms with Gasteiger partial charge in [-0.15, -0.1) is 0 Å². The van der Waals surface area contributed by atoms with E-state index in [0.717, 1.165) is 25.0 Å². The summed E-state index contributed by atoms with van der Waals surface area (Å²) in [6.45, 7) is 8.84. The van der Waals surface area contributed by atoms with Gasteiger partial charge in [0, 0.05) is 6.54 Å². The van der Waals surface area contributed by atoms with E-state index in [2.05, 4.69) is 30.7 Å². The maximum absolute atomic E-state index is 6.10. The summed E-state index contributed by atoms with van der Waals surface area (Å²) < 4.78 is 0. The van der Waals surface area contributed by atoms with E-state index in [1.165, 1.54) is 32.1 Å². The molecule has 1 aliphatic carbocycles. The molecular weight excluding hydrogens is 210 g/mol. The molecule has 1 fully saturated rings. The highest BCUT2D eigenvalue weighted by molar-refractivity contribution is 5.81. The molecule has 17 heavy (non-hydrogen) atoms. The lowest BCUT2D eigenvalue weighted by Crippen LogP contribution is -2.55. The zero-order valence-electron chi connectivity index (χ0n) is 11.6. The molecule has 98 valence electrons. The molecular formula is C14H27N3. The van der Waals surface area contributed by atoms with Crippen LogP contribution in [0.1, 0.15) is 52.9 Å². The lowest BCUT2D eigenvalue weighted by molar-refractivity contribution is 0.0974. The number of hydrogen-bond acceptors (Lipinski definition) is 3. The van der Waals surface area contributed by atoms with Crippen LogP contribution in [0.5, 0.6) is 0 Å². The van der Waals surface area contributed by atoms with Crippen molar-refractivity contribution >= 4 is 5.96 Å². The maximum atomic E-state index is 6.10. The van der Waals surface area contributed by atoms with E-state index in [-0.39, 0.29) is 5.54 Å². The van der Waals surface area contributed by atoms with Crippen LogP contribution in [0, 0.1) is 11.8 Å². The summed E-state index contributed by atoms with van der Waals surface area (Å²) >= 11 is 0. The molecule has 2 atom stereocenters. The molecule has 3 heteroatoms. The Morgan fingerprint density at radius 2 is 2.29 bits per heavy atom. The Morgan fingerprint density at radius 1 is 1.53 bits per heavy atom. The molecule has 0 aromatic rings. The first kappa shape index (κ1) is 12.7. The monoisotopic (exact) mass is 237 g/mol. The van der Waals surface area contributed by atoms with Crippen molar-refractivity contribution in [2.24, 2.45) is 22.6 Å². The summed E-state index contributed by atoms with van der Waals surface area (Å²) in [5.41, 5.74) is 6.37. The summed E-state index contributed by atoms with van der Waals surface area (Å²) in [7, 11) is 0. The van der Waals surface area contributed by atoms with Gasteiger partial charge in [-0.3, -0.25) is 4.99 Å². The summed E-state index contributed by atoms with van der Waals surface area (Å²) in [5, 5.41) is 0. The number of nitrogens with zero attached hydrogens (tertiary/aromatic N) is 2. The molecule has 0 amide bonds. The van der Waals surface area contributed by atoms with Crippen molar-refractivity contribution in [2.75, 3.05) is 13.1 Å². The number of hydrogen-bond donors (Lipinski definition) is 1. The van der Waals surface area contributed by atoms with Gasteiger partial charge in [-0.25, -0.2) is 0 Å². The summed E-state index contributed by atoms with van der Waals surface area (Å²) in [5.74, 6) is 2.32. The highest BCUT2D eigenvalue weighted by Gasteiger charge is 2.44. The van der Waals surface area contributed by atoms with Crippen molar-refractivity contribution in [3.05, 3.63) is 0 Å². The quantitative estimate of drug-likeness (QED) is 0.820. The largest absolute Gasteiger partial charge is 0.370 e. The number of nitrogens with two attached hydrogens (primary N) is 1. The average molecular weight is 237 g/mol. The second-order valence-corrected chi connectivity index (χ2v) is 6.27. The number of rotatable bonds is 3. The van der Waals surface area contributed by atoms with Gasteiger partial charge in [-0.1, -0.05) is 40.0 Å². The fourth-order valence-electron chi connectivity index (χ4n) is 3.49. The summed E-state index contributed by atoms with van der Waals surface area (Å²) in [6, 6.07) is 0. The Bertz CT molecular complexity index is 298. The average Bonchev–Trinajstić information content (AvgIpc) is 2.58. The van der Waals surface area contributed by atoms with Crippen molar-refractivity contribution in [3.8, 4) is 0 Å². The van der Waals surface area contributed by atoms with Gasteiger partial charge in [0.2, 0.25) is 0 Å². The third kappa shape index (κ3) is 2.43. The van der Waals surface area contributed by atoms with Crippen molar-refractivity contribution in [1.82, 2.24) is 4.90 Å². The topological polar surface area (TPSA) is 41.6 Å². The molecule has 2 aliphatic rings. The van der Waals surface area contributed by atoms with E-state index in [1.807, 2.05) is 0 Å². The standard InChI is InChI=1S/C14H27N3/c1-4-12-6-5-7-14(8-12)10-16-13(15)17(14)9-11(2)3/h11-12H,4-10H2,1-3H3,(H2,15,16). The second kappa shape index (κ2) is 4.87. The smallest absolute Gasteiger partial charge is 0.191 e. The predicted molar refractivity (Wildman–Crippen MR) is 73.0 cm³/mol. The Morgan fingerprint density at radius 3 is 2.94 bits per heavy atom. The van der Waals surface area contributed by atoms with Gasteiger partial charge in [0.1, 0.15) is 0 Å². The fraction of sp³-hybridized carbons (Fsp3) is 0.929. The Hall–Kier alpha value is -0.730. The molecule has 0 aromatic carbocycles. The lowest BCUT2D eigenvalue weighted by Gasteiger charge is -2.45. The lowest BCUT2D eigenvalue weighted by atomic mass is 9.74. The highest BCUT2D eigenvalue weighted by Crippen LogP contribution is 2.41. The maximum Gasteiger partial charge on any atom is 0.191 e. The van der Waals surface area contributed by atoms with Crippen LogP contribution in [-0.4, -0.2) is 29.5 Å².